The van der Waals surface area contributed by atoms with Gasteiger partial charge >= 0.3 is 0 Å². The third kappa shape index (κ3) is 3.83. The molecule has 0 saturated carbocycles. The smallest absolute Gasteiger partial charge is 0.274 e. The van der Waals surface area contributed by atoms with Crippen molar-refractivity contribution in [3.05, 3.63) is 114 Å². The summed E-state index contributed by atoms with van der Waals surface area (Å²) in [6, 6.07) is 26.2. The van der Waals surface area contributed by atoms with Crippen LogP contribution in [0.25, 0.3) is 32.8 Å². The van der Waals surface area contributed by atoms with Crippen molar-refractivity contribution < 1.29 is 4.74 Å². The van der Waals surface area contributed by atoms with Crippen LogP contribution in [-0.2, 0) is 6.61 Å². The van der Waals surface area contributed by atoms with Gasteiger partial charge < -0.3 is 4.74 Å². The van der Waals surface area contributed by atoms with E-state index < -0.39 is 0 Å². The summed E-state index contributed by atoms with van der Waals surface area (Å²) in [4.78, 5) is 18.3. The molecule has 166 valence electrons. The predicted molar refractivity (Wildman–Crippen MR) is 146 cm³/mol. The lowest BCUT2D eigenvalue weighted by Gasteiger charge is -2.12. The number of hydrogen-bond donors (Lipinski definition) is 0. The van der Waals surface area contributed by atoms with Crippen LogP contribution in [0.5, 0.6) is 5.75 Å². The van der Waals surface area contributed by atoms with Crippen LogP contribution in [0, 0.1) is 0 Å². The van der Waals surface area contributed by atoms with Gasteiger partial charge in [-0.05, 0) is 90.2 Å². The molecule has 0 N–H and O–H groups in total. The van der Waals surface area contributed by atoms with E-state index in [1.807, 2.05) is 54.6 Å². The third-order valence-electron chi connectivity index (χ3n) is 5.66. The standard InChI is InChI=1S/C27H16Br2N2O2S/c28-20-12-17(14-24-26(32)31-23-8-4-3-7-22(23)30-27(31)34-24)13-21(29)25(20)33-15-16-9-10-18-5-1-2-6-19(18)11-16/h1-14H,15H2/b24-14-. The molecule has 0 aliphatic rings. The number of fused-ring (bicyclic) bond motifs is 4. The van der Waals surface area contributed by atoms with Gasteiger partial charge in [-0.25, -0.2) is 9.38 Å². The van der Waals surface area contributed by atoms with Crippen LogP contribution in [0.15, 0.2) is 92.6 Å². The van der Waals surface area contributed by atoms with E-state index in [1.165, 1.54) is 22.1 Å². The first-order chi connectivity index (χ1) is 16.6. The van der Waals surface area contributed by atoms with E-state index in [0.717, 1.165) is 36.9 Å². The molecule has 6 aromatic rings. The lowest BCUT2D eigenvalue weighted by molar-refractivity contribution is 0.302. The second-order valence-corrected chi connectivity index (χ2v) is 10.6. The highest BCUT2D eigenvalue weighted by molar-refractivity contribution is 9.11. The molecule has 0 fully saturated rings. The van der Waals surface area contributed by atoms with E-state index in [4.69, 9.17) is 4.74 Å². The highest BCUT2D eigenvalue weighted by Crippen LogP contribution is 2.35. The Kier molecular flexibility index (Phi) is 5.48. The first-order valence-corrected chi connectivity index (χ1v) is 13.0. The van der Waals surface area contributed by atoms with Crippen LogP contribution < -0.4 is 14.8 Å². The second kappa shape index (κ2) is 8.65. The summed E-state index contributed by atoms with van der Waals surface area (Å²) in [7, 11) is 0. The Morgan fingerprint density at radius 3 is 2.47 bits per heavy atom. The molecule has 0 radical (unpaired) electrons. The number of thiazole rings is 1. The highest BCUT2D eigenvalue weighted by atomic mass is 79.9. The fraction of sp³-hybridized carbons (Fsp3) is 0.0370. The van der Waals surface area contributed by atoms with Gasteiger partial charge in [-0.3, -0.25) is 4.79 Å². The van der Waals surface area contributed by atoms with Crippen molar-refractivity contribution >= 4 is 76.0 Å². The predicted octanol–water partition coefficient (Wildman–Crippen LogP) is 6.71. The summed E-state index contributed by atoms with van der Waals surface area (Å²) in [5.74, 6) is 0.722. The van der Waals surface area contributed by atoms with E-state index >= 15 is 0 Å². The van der Waals surface area contributed by atoms with Crippen molar-refractivity contribution in [2.24, 2.45) is 0 Å². The van der Waals surface area contributed by atoms with E-state index in [1.54, 1.807) is 4.40 Å². The normalized spacial score (nSPS) is 12.2. The van der Waals surface area contributed by atoms with Gasteiger partial charge in [0.05, 0.1) is 24.5 Å². The van der Waals surface area contributed by atoms with Gasteiger partial charge in [0.15, 0.2) is 4.96 Å². The van der Waals surface area contributed by atoms with Gasteiger partial charge in [0.25, 0.3) is 5.56 Å². The van der Waals surface area contributed by atoms with E-state index in [9.17, 15) is 4.79 Å². The second-order valence-electron chi connectivity index (χ2n) is 7.92. The molecule has 2 aromatic heterocycles. The lowest BCUT2D eigenvalue weighted by Crippen LogP contribution is -2.22. The highest BCUT2D eigenvalue weighted by Gasteiger charge is 2.12. The summed E-state index contributed by atoms with van der Waals surface area (Å²) in [6.07, 6.45) is 1.89. The first-order valence-electron chi connectivity index (χ1n) is 10.6. The van der Waals surface area contributed by atoms with Crippen molar-refractivity contribution in [2.45, 2.75) is 6.61 Å². The quantitative estimate of drug-likeness (QED) is 0.229. The van der Waals surface area contributed by atoms with Gasteiger partial charge in [-0.1, -0.05) is 59.9 Å². The molecule has 0 aliphatic heterocycles. The van der Waals surface area contributed by atoms with Gasteiger partial charge in [-0.2, -0.15) is 0 Å². The lowest BCUT2D eigenvalue weighted by atomic mass is 10.1. The minimum absolute atomic E-state index is 0.0578. The summed E-state index contributed by atoms with van der Waals surface area (Å²) in [5, 5.41) is 2.40. The Balaban J connectivity index is 1.31. The van der Waals surface area contributed by atoms with E-state index in [-0.39, 0.29) is 5.56 Å². The zero-order chi connectivity index (χ0) is 23.2. The van der Waals surface area contributed by atoms with Gasteiger partial charge in [0.1, 0.15) is 12.4 Å². The molecule has 4 aromatic carbocycles. The number of imidazole rings is 1. The van der Waals surface area contributed by atoms with E-state index in [0.29, 0.717) is 16.1 Å². The molecule has 0 amide bonds. The molecule has 6 rings (SSSR count). The van der Waals surface area contributed by atoms with Crippen LogP contribution in [0.1, 0.15) is 11.1 Å². The fourth-order valence-corrected chi connectivity index (χ4v) is 6.49. The number of hydrogen-bond acceptors (Lipinski definition) is 4. The topological polar surface area (TPSA) is 43.6 Å². The average Bonchev–Trinajstić information content (AvgIpc) is 3.34. The van der Waals surface area contributed by atoms with Crippen molar-refractivity contribution in [1.82, 2.24) is 9.38 Å². The van der Waals surface area contributed by atoms with Crippen molar-refractivity contribution in [3.63, 3.8) is 0 Å². The average molecular weight is 592 g/mol. The zero-order valence-electron chi connectivity index (χ0n) is 17.7. The molecular weight excluding hydrogens is 576 g/mol. The Labute approximate surface area is 215 Å². The van der Waals surface area contributed by atoms with E-state index in [2.05, 4.69) is 67.2 Å². The van der Waals surface area contributed by atoms with Crippen LogP contribution in [0.3, 0.4) is 0 Å². The van der Waals surface area contributed by atoms with Crippen LogP contribution in [0.2, 0.25) is 0 Å². The number of para-hydroxylation sites is 2. The minimum atomic E-state index is -0.0578. The monoisotopic (exact) mass is 590 g/mol. The third-order valence-corrected chi connectivity index (χ3v) is 7.81. The molecule has 0 unspecified atom stereocenters. The Hall–Kier alpha value is -3.00. The van der Waals surface area contributed by atoms with Crippen LogP contribution >= 0.6 is 43.2 Å². The first kappa shape index (κ1) is 21.5. The SMILES string of the molecule is O=c1/c(=C/c2cc(Br)c(OCc3ccc4ccccc4c3)c(Br)c2)sc2nc3ccccc3n12. The summed E-state index contributed by atoms with van der Waals surface area (Å²) in [6.45, 7) is 0.449. The maximum atomic E-state index is 13.1. The van der Waals surface area contributed by atoms with Crippen LogP contribution in [0.4, 0.5) is 0 Å². The molecular formula is C27H16Br2N2O2S. The maximum Gasteiger partial charge on any atom is 0.274 e. The summed E-state index contributed by atoms with van der Waals surface area (Å²) >= 11 is 8.66. The zero-order valence-corrected chi connectivity index (χ0v) is 21.7. The molecule has 2 heterocycles. The molecule has 7 heteroatoms. The molecule has 4 nitrogen and oxygen atoms in total. The number of halogens is 2. The number of benzene rings is 4. The number of rotatable bonds is 4. The molecule has 0 aliphatic carbocycles. The van der Waals surface area contributed by atoms with Crippen molar-refractivity contribution in [3.8, 4) is 5.75 Å². The Morgan fingerprint density at radius 2 is 1.65 bits per heavy atom. The van der Waals surface area contributed by atoms with Gasteiger partial charge in [0, 0.05) is 0 Å². The molecule has 0 atom stereocenters. The molecule has 0 spiro atoms. The van der Waals surface area contributed by atoms with Gasteiger partial charge in [-0.15, -0.1) is 0 Å². The van der Waals surface area contributed by atoms with Crippen molar-refractivity contribution in [1.29, 1.82) is 0 Å². The largest absolute Gasteiger partial charge is 0.487 e. The molecule has 0 saturated heterocycles. The molecule has 34 heavy (non-hydrogen) atoms. The van der Waals surface area contributed by atoms with Gasteiger partial charge in [0.2, 0.25) is 0 Å². The number of nitrogens with zero attached hydrogens (tertiary/aromatic N) is 2. The summed E-state index contributed by atoms with van der Waals surface area (Å²) in [5.41, 5.74) is 3.59. The van der Waals surface area contributed by atoms with Crippen LogP contribution in [-0.4, -0.2) is 9.38 Å². The Morgan fingerprint density at radius 1 is 0.912 bits per heavy atom. The molecule has 0 bridgehead atoms. The maximum absolute atomic E-state index is 13.1. The number of ether oxygens (including phenoxy) is 1. The Bertz CT molecular complexity index is 1800. The summed E-state index contributed by atoms with van der Waals surface area (Å²) < 4.78 is 10.1. The number of aromatic nitrogens is 2. The van der Waals surface area contributed by atoms with Crippen molar-refractivity contribution in [2.75, 3.05) is 0 Å². The minimum Gasteiger partial charge on any atom is -0.487 e. The fourth-order valence-electron chi connectivity index (χ4n) is 4.05.